The molecule has 0 bridgehead atoms. The number of nitrogens with zero attached hydrogens (tertiary/aromatic N) is 6. The van der Waals surface area contributed by atoms with E-state index in [1.165, 1.54) is 12.3 Å². The van der Waals surface area contributed by atoms with Gasteiger partial charge in [0.05, 0.1) is 30.0 Å². The van der Waals surface area contributed by atoms with Crippen molar-refractivity contribution in [2.75, 3.05) is 31.1 Å². The van der Waals surface area contributed by atoms with Gasteiger partial charge in [0, 0.05) is 32.0 Å². The summed E-state index contributed by atoms with van der Waals surface area (Å²) in [5, 5.41) is 38.3. The topological polar surface area (TPSA) is 248 Å². The molecule has 35 heavy (non-hydrogen) atoms. The van der Waals surface area contributed by atoms with E-state index in [0.717, 1.165) is 6.07 Å². The summed E-state index contributed by atoms with van der Waals surface area (Å²) in [6.07, 6.45) is 2.48. The average molecular weight is 529 g/mol. The normalized spacial score (nSPS) is 17.4. The lowest BCUT2D eigenvalue weighted by atomic mass is 10.1. The van der Waals surface area contributed by atoms with Crippen molar-refractivity contribution in [3.8, 4) is 11.4 Å². The van der Waals surface area contributed by atoms with E-state index in [1.54, 1.807) is 15.7 Å². The molecule has 3 heterocycles. The Kier molecular flexibility index (Phi) is 6.86. The second-order valence-corrected chi connectivity index (χ2v) is 11.0. The molecule has 190 valence electrons. The Labute approximate surface area is 200 Å². The number of nitrogens with two attached hydrogens (primary N) is 2. The molecule has 0 amide bonds. The van der Waals surface area contributed by atoms with Crippen molar-refractivity contribution in [1.29, 1.82) is 0 Å². The zero-order chi connectivity index (χ0) is 25.4. The highest BCUT2D eigenvalue weighted by Crippen LogP contribution is 2.42. The molecule has 2 atom stereocenters. The van der Waals surface area contributed by atoms with E-state index < -0.39 is 42.5 Å². The summed E-state index contributed by atoms with van der Waals surface area (Å²) < 4.78 is 55.6. The number of imidazole rings is 1. The van der Waals surface area contributed by atoms with Crippen molar-refractivity contribution >= 4 is 31.7 Å². The number of aromatic amines is 1. The predicted molar refractivity (Wildman–Crippen MR) is 121 cm³/mol. The SMILES string of the molecule is NC[C@@H](O)CNS(=O)(=O)c1ccc(N2CC[C@H](CO)n3ccnc32)c(-c2nn[nH]n2)c1S(N)(=O)=O. The fourth-order valence-electron chi connectivity index (χ4n) is 3.85. The molecular weight excluding hydrogens is 504 g/mol. The number of benzene rings is 1. The molecule has 3 aromatic rings. The van der Waals surface area contributed by atoms with Gasteiger partial charge in [0.25, 0.3) is 0 Å². The Morgan fingerprint density at radius 3 is 2.69 bits per heavy atom. The molecule has 0 saturated heterocycles. The molecule has 4 rings (SSSR count). The summed E-state index contributed by atoms with van der Waals surface area (Å²) in [7, 11) is -9.17. The minimum absolute atomic E-state index is 0.130. The van der Waals surface area contributed by atoms with Crippen molar-refractivity contribution in [3.05, 3.63) is 24.5 Å². The van der Waals surface area contributed by atoms with Crippen LogP contribution in [0.3, 0.4) is 0 Å². The molecule has 1 aliphatic rings. The number of sulfonamides is 2. The van der Waals surface area contributed by atoms with Crippen LogP contribution >= 0.6 is 0 Å². The molecule has 18 heteroatoms. The van der Waals surface area contributed by atoms with Gasteiger partial charge in [-0.1, -0.05) is 0 Å². The van der Waals surface area contributed by atoms with Crippen molar-refractivity contribution in [2.24, 2.45) is 10.9 Å². The van der Waals surface area contributed by atoms with E-state index in [1.807, 2.05) is 0 Å². The van der Waals surface area contributed by atoms with E-state index in [0.29, 0.717) is 18.9 Å². The number of hydrogen-bond donors (Lipinski definition) is 6. The number of anilines is 2. The third kappa shape index (κ3) is 4.76. The highest BCUT2D eigenvalue weighted by atomic mass is 32.2. The third-order valence-corrected chi connectivity index (χ3v) is 8.08. The second-order valence-electron chi connectivity index (χ2n) is 7.72. The first-order valence-corrected chi connectivity index (χ1v) is 13.3. The van der Waals surface area contributed by atoms with Gasteiger partial charge in [-0.05, 0) is 23.8 Å². The molecule has 0 spiro atoms. The fourth-order valence-corrected chi connectivity index (χ4v) is 6.51. The van der Waals surface area contributed by atoms with Gasteiger partial charge < -0.3 is 25.4 Å². The van der Waals surface area contributed by atoms with Crippen LogP contribution in [0.1, 0.15) is 12.5 Å². The maximum Gasteiger partial charge on any atom is 0.242 e. The number of tetrazole rings is 1. The van der Waals surface area contributed by atoms with E-state index in [-0.39, 0.29) is 36.3 Å². The minimum atomic E-state index is -4.68. The summed E-state index contributed by atoms with van der Waals surface area (Å²) in [4.78, 5) is 4.55. The molecule has 8 N–H and O–H groups in total. The quantitative estimate of drug-likeness (QED) is 0.167. The summed E-state index contributed by atoms with van der Waals surface area (Å²) in [6, 6.07) is 2.22. The van der Waals surface area contributed by atoms with Crippen LogP contribution in [0.4, 0.5) is 11.6 Å². The van der Waals surface area contributed by atoms with Crippen molar-refractivity contribution in [3.63, 3.8) is 0 Å². The number of aliphatic hydroxyl groups is 2. The molecule has 0 saturated carbocycles. The van der Waals surface area contributed by atoms with E-state index in [4.69, 9.17) is 10.9 Å². The van der Waals surface area contributed by atoms with Crippen LogP contribution in [0.25, 0.3) is 11.4 Å². The highest BCUT2D eigenvalue weighted by molar-refractivity contribution is 7.92. The van der Waals surface area contributed by atoms with Crippen LogP contribution in [0.5, 0.6) is 0 Å². The van der Waals surface area contributed by atoms with Crippen LogP contribution < -0.4 is 20.5 Å². The molecule has 0 radical (unpaired) electrons. The van der Waals surface area contributed by atoms with E-state index >= 15 is 0 Å². The number of nitrogens with one attached hydrogen (secondary N) is 2. The van der Waals surface area contributed by atoms with Crippen molar-refractivity contribution in [2.45, 2.75) is 28.4 Å². The van der Waals surface area contributed by atoms with Crippen molar-refractivity contribution in [1.82, 2.24) is 34.9 Å². The Morgan fingerprint density at radius 1 is 1.29 bits per heavy atom. The zero-order valence-electron chi connectivity index (χ0n) is 18.2. The van der Waals surface area contributed by atoms with Gasteiger partial charge in [-0.2, -0.15) is 5.21 Å². The van der Waals surface area contributed by atoms with Gasteiger partial charge in [0.1, 0.15) is 9.79 Å². The number of H-pyrrole nitrogens is 1. The molecule has 0 unspecified atom stereocenters. The monoisotopic (exact) mass is 528 g/mol. The van der Waals surface area contributed by atoms with Crippen LogP contribution in [0, 0.1) is 0 Å². The minimum Gasteiger partial charge on any atom is -0.394 e. The first-order chi connectivity index (χ1) is 16.6. The van der Waals surface area contributed by atoms with Crippen LogP contribution in [-0.4, -0.2) is 89.6 Å². The summed E-state index contributed by atoms with van der Waals surface area (Å²) >= 11 is 0. The number of aromatic nitrogens is 6. The number of fused-ring (bicyclic) bond motifs is 1. The number of primary sulfonamides is 1. The molecule has 0 fully saturated rings. The van der Waals surface area contributed by atoms with Gasteiger partial charge >= 0.3 is 0 Å². The smallest absolute Gasteiger partial charge is 0.242 e. The lowest BCUT2D eigenvalue weighted by Crippen LogP contribution is -2.37. The lowest BCUT2D eigenvalue weighted by Gasteiger charge is -2.34. The van der Waals surface area contributed by atoms with E-state index in [2.05, 4.69) is 30.3 Å². The third-order valence-electron chi connectivity index (χ3n) is 5.49. The van der Waals surface area contributed by atoms with Crippen LogP contribution in [0.2, 0.25) is 0 Å². The standard InChI is InChI=1S/C17H24N10O6S2/c18-7-11(29)8-21-35(32,33)13-2-1-12(14(15(13)34(19,30)31)16-22-24-25-23-16)27-5-3-10(9-28)26-6-4-20-17(26)27/h1-2,4,6,10-11,21,28-29H,3,5,7-9,18H2,(H2,19,30,31)(H,22,23,24,25)/t10-,11-/m1/s1. The van der Waals surface area contributed by atoms with E-state index in [9.17, 15) is 27.0 Å². The first kappa shape index (κ1) is 25.1. The Balaban J connectivity index is 1.96. The molecule has 0 aliphatic carbocycles. The molecule has 1 aromatic carbocycles. The Morgan fingerprint density at radius 2 is 2.06 bits per heavy atom. The van der Waals surface area contributed by atoms with Gasteiger partial charge in [0.15, 0.2) is 0 Å². The second kappa shape index (κ2) is 9.57. The zero-order valence-corrected chi connectivity index (χ0v) is 19.8. The van der Waals surface area contributed by atoms with Gasteiger partial charge in [-0.25, -0.2) is 31.7 Å². The highest BCUT2D eigenvalue weighted by Gasteiger charge is 2.35. The summed E-state index contributed by atoms with van der Waals surface area (Å²) in [5.41, 5.74) is 5.32. The molecule has 1 aliphatic heterocycles. The number of aliphatic hydroxyl groups excluding tert-OH is 2. The Hall–Kier alpha value is -3.00. The largest absolute Gasteiger partial charge is 0.394 e. The van der Waals surface area contributed by atoms with Crippen LogP contribution in [-0.2, 0) is 20.0 Å². The summed E-state index contributed by atoms with van der Waals surface area (Å²) in [5.74, 6) is 0.172. The molecular formula is C17H24N10O6S2. The summed E-state index contributed by atoms with van der Waals surface area (Å²) in [6.45, 7) is -0.485. The number of rotatable bonds is 9. The molecule has 16 nitrogen and oxygen atoms in total. The molecule has 2 aromatic heterocycles. The maximum atomic E-state index is 13.1. The maximum absolute atomic E-state index is 13.1. The average Bonchev–Trinajstić information content (AvgIpc) is 3.53. The first-order valence-electron chi connectivity index (χ1n) is 10.3. The predicted octanol–water partition coefficient (Wildman–Crippen LogP) is -2.62. The van der Waals surface area contributed by atoms with Gasteiger partial charge in [-0.3, -0.25) is 0 Å². The van der Waals surface area contributed by atoms with Crippen LogP contribution in [0.15, 0.2) is 34.3 Å². The fraction of sp³-hybridized carbons (Fsp3) is 0.412. The number of hydrogen-bond acceptors (Lipinski definition) is 12. The van der Waals surface area contributed by atoms with Gasteiger partial charge in [-0.15, -0.1) is 10.2 Å². The lowest BCUT2D eigenvalue weighted by molar-refractivity contribution is 0.186. The van der Waals surface area contributed by atoms with Gasteiger partial charge in [0.2, 0.25) is 31.8 Å². The Bertz CT molecular complexity index is 1410. The van der Waals surface area contributed by atoms with Crippen molar-refractivity contribution < 1.29 is 27.0 Å².